The second kappa shape index (κ2) is 5.14. The fraction of sp³-hybridized carbons (Fsp3) is 0.167. The third kappa shape index (κ3) is 3.21. The number of sulfonamides is 1. The third-order valence-corrected chi connectivity index (χ3v) is 4.18. The molecule has 19 heavy (non-hydrogen) atoms. The van der Waals surface area contributed by atoms with Crippen molar-refractivity contribution >= 4 is 27.4 Å². The maximum atomic E-state index is 12.2. The molecule has 0 aliphatic carbocycles. The van der Waals surface area contributed by atoms with E-state index in [0.29, 0.717) is 0 Å². The molecule has 0 fully saturated rings. The molecule has 2 heterocycles. The quantitative estimate of drug-likeness (QED) is 0.945. The molecule has 2 aromatic heterocycles. The van der Waals surface area contributed by atoms with Gasteiger partial charge in [0.15, 0.2) is 0 Å². The van der Waals surface area contributed by atoms with Crippen LogP contribution in [0.15, 0.2) is 35.5 Å². The highest BCUT2D eigenvalue weighted by Crippen LogP contribution is 2.22. The van der Waals surface area contributed by atoms with Crippen LogP contribution in [0.4, 0.5) is 5.82 Å². The summed E-state index contributed by atoms with van der Waals surface area (Å²) in [4.78, 5) is 7.81. The van der Waals surface area contributed by atoms with Crippen molar-refractivity contribution in [2.75, 3.05) is 4.72 Å². The third-order valence-electron chi connectivity index (χ3n) is 2.36. The molecule has 7 heteroatoms. The number of halogens is 1. The fourth-order valence-corrected chi connectivity index (χ4v) is 3.07. The van der Waals surface area contributed by atoms with Gasteiger partial charge < -0.3 is 0 Å². The minimum atomic E-state index is -3.78. The van der Waals surface area contributed by atoms with Gasteiger partial charge in [-0.2, -0.15) is 0 Å². The predicted molar refractivity (Wildman–Crippen MR) is 73.8 cm³/mol. The molecule has 0 unspecified atom stereocenters. The van der Waals surface area contributed by atoms with E-state index in [1.807, 2.05) is 13.0 Å². The standard InChI is InChI=1S/C12H12ClN3O2S/c1-8-5-9(2)15-12(6-8)16-19(17,18)11-7-14-4-3-10(11)13/h3-7H,1-2H3,(H,15,16). The van der Waals surface area contributed by atoms with Crippen LogP contribution in [0.3, 0.4) is 0 Å². The molecule has 2 aromatic rings. The van der Waals surface area contributed by atoms with Crippen molar-refractivity contribution in [3.8, 4) is 0 Å². The normalized spacial score (nSPS) is 11.3. The van der Waals surface area contributed by atoms with Gasteiger partial charge in [0.1, 0.15) is 10.7 Å². The SMILES string of the molecule is Cc1cc(C)nc(NS(=O)(=O)c2cnccc2Cl)c1. The lowest BCUT2D eigenvalue weighted by Crippen LogP contribution is -2.15. The first kappa shape index (κ1) is 13.8. The molecule has 0 spiro atoms. The Morgan fingerprint density at radius 3 is 2.63 bits per heavy atom. The zero-order valence-electron chi connectivity index (χ0n) is 10.4. The van der Waals surface area contributed by atoms with E-state index >= 15 is 0 Å². The van der Waals surface area contributed by atoms with E-state index in [2.05, 4.69) is 14.7 Å². The van der Waals surface area contributed by atoms with Gasteiger partial charge in [-0.1, -0.05) is 11.6 Å². The van der Waals surface area contributed by atoms with Gasteiger partial charge in [0.2, 0.25) is 0 Å². The summed E-state index contributed by atoms with van der Waals surface area (Å²) in [6.07, 6.45) is 2.63. The van der Waals surface area contributed by atoms with Crippen molar-refractivity contribution in [1.82, 2.24) is 9.97 Å². The van der Waals surface area contributed by atoms with Crippen molar-refractivity contribution in [1.29, 1.82) is 0 Å². The molecule has 0 amide bonds. The van der Waals surface area contributed by atoms with Crippen LogP contribution in [0.25, 0.3) is 0 Å². The zero-order chi connectivity index (χ0) is 14.0. The fourth-order valence-electron chi connectivity index (χ4n) is 1.65. The van der Waals surface area contributed by atoms with E-state index in [4.69, 9.17) is 11.6 Å². The maximum Gasteiger partial charge on any atom is 0.266 e. The van der Waals surface area contributed by atoms with Crippen LogP contribution in [-0.2, 0) is 10.0 Å². The monoisotopic (exact) mass is 297 g/mol. The average Bonchev–Trinajstić information content (AvgIpc) is 2.26. The summed E-state index contributed by atoms with van der Waals surface area (Å²) in [5, 5.41) is 0.117. The summed E-state index contributed by atoms with van der Waals surface area (Å²) in [6, 6.07) is 4.93. The molecule has 0 aliphatic rings. The molecule has 5 nitrogen and oxygen atoms in total. The highest BCUT2D eigenvalue weighted by Gasteiger charge is 2.18. The number of hydrogen-bond acceptors (Lipinski definition) is 4. The van der Waals surface area contributed by atoms with Crippen molar-refractivity contribution in [3.63, 3.8) is 0 Å². The Morgan fingerprint density at radius 2 is 2.00 bits per heavy atom. The van der Waals surface area contributed by atoms with Gasteiger partial charge in [-0.3, -0.25) is 9.71 Å². The summed E-state index contributed by atoms with van der Waals surface area (Å²) in [6.45, 7) is 3.66. The Hall–Kier alpha value is -1.66. The summed E-state index contributed by atoms with van der Waals surface area (Å²) in [5.74, 6) is 0.261. The van der Waals surface area contributed by atoms with E-state index < -0.39 is 10.0 Å². The Balaban J connectivity index is 2.39. The second-order valence-electron chi connectivity index (χ2n) is 4.08. The van der Waals surface area contributed by atoms with Gasteiger partial charge in [0.05, 0.1) is 5.02 Å². The van der Waals surface area contributed by atoms with Crippen LogP contribution in [0.2, 0.25) is 5.02 Å². The lowest BCUT2D eigenvalue weighted by molar-refractivity contribution is 0.600. The van der Waals surface area contributed by atoms with Gasteiger partial charge in [-0.15, -0.1) is 0 Å². The molecule has 0 radical (unpaired) electrons. The van der Waals surface area contributed by atoms with Crippen LogP contribution in [0.5, 0.6) is 0 Å². The largest absolute Gasteiger partial charge is 0.266 e. The molecule has 0 atom stereocenters. The summed E-state index contributed by atoms with van der Waals surface area (Å²) in [5.41, 5.74) is 1.65. The summed E-state index contributed by atoms with van der Waals surface area (Å²) in [7, 11) is -3.78. The number of pyridine rings is 2. The van der Waals surface area contributed by atoms with Gasteiger partial charge >= 0.3 is 0 Å². The first-order chi connectivity index (χ1) is 8.88. The number of aromatic nitrogens is 2. The molecule has 0 saturated carbocycles. The summed E-state index contributed by atoms with van der Waals surface area (Å²) >= 11 is 5.86. The van der Waals surface area contributed by atoms with Crippen LogP contribution in [0, 0.1) is 13.8 Å². The molecular formula is C12H12ClN3O2S. The first-order valence-corrected chi connectivity index (χ1v) is 7.32. The van der Waals surface area contributed by atoms with Crippen molar-refractivity contribution in [3.05, 3.63) is 46.9 Å². The highest BCUT2D eigenvalue weighted by molar-refractivity contribution is 7.92. The van der Waals surface area contributed by atoms with E-state index in [0.717, 1.165) is 11.3 Å². The minimum absolute atomic E-state index is 0.0716. The smallest absolute Gasteiger partial charge is 0.263 e. The number of anilines is 1. The number of nitrogens with one attached hydrogen (secondary N) is 1. The zero-order valence-corrected chi connectivity index (χ0v) is 12.0. The van der Waals surface area contributed by atoms with Crippen molar-refractivity contribution in [2.45, 2.75) is 18.7 Å². The minimum Gasteiger partial charge on any atom is -0.263 e. The molecule has 2 rings (SSSR count). The van der Waals surface area contributed by atoms with Crippen molar-refractivity contribution < 1.29 is 8.42 Å². The Bertz CT molecular complexity index is 696. The predicted octanol–water partition coefficient (Wildman–Crippen LogP) is 2.55. The Labute approximate surface area is 116 Å². The van der Waals surface area contributed by atoms with Gasteiger partial charge in [0, 0.05) is 18.1 Å². The Kier molecular flexibility index (Phi) is 3.73. The lowest BCUT2D eigenvalue weighted by Gasteiger charge is -2.09. The van der Waals surface area contributed by atoms with E-state index in [-0.39, 0.29) is 15.7 Å². The molecule has 0 aliphatic heterocycles. The first-order valence-electron chi connectivity index (χ1n) is 5.46. The van der Waals surface area contributed by atoms with Crippen LogP contribution in [-0.4, -0.2) is 18.4 Å². The molecule has 0 saturated heterocycles. The van der Waals surface area contributed by atoms with Crippen molar-refractivity contribution in [2.24, 2.45) is 0 Å². The molecule has 1 N–H and O–H groups in total. The number of hydrogen-bond donors (Lipinski definition) is 1. The van der Waals surface area contributed by atoms with Gasteiger partial charge in [-0.05, 0) is 37.6 Å². The van der Waals surface area contributed by atoms with Crippen LogP contribution < -0.4 is 4.72 Å². The van der Waals surface area contributed by atoms with E-state index in [1.165, 1.54) is 18.5 Å². The Morgan fingerprint density at radius 1 is 1.26 bits per heavy atom. The molecule has 0 bridgehead atoms. The van der Waals surface area contributed by atoms with Crippen LogP contribution >= 0.6 is 11.6 Å². The molecule has 100 valence electrons. The maximum absolute atomic E-state index is 12.2. The number of aryl methyl sites for hydroxylation is 2. The van der Waals surface area contributed by atoms with E-state index in [9.17, 15) is 8.42 Å². The highest BCUT2D eigenvalue weighted by atomic mass is 35.5. The van der Waals surface area contributed by atoms with E-state index in [1.54, 1.807) is 13.0 Å². The molecule has 0 aromatic carbocycles. The topological polar surface area (TPSA) is 72.0 Å². The average molecular weight is 298 g/mol. The number of nitrogens with zero attached hydrogens (tertiary/aromatic N) is 2. The second-order valence-corrected chi connectivity index (χ2v) is 6.14. The summed E-state index contributed by atoms with van der Waals surface area (Å²) < 4.78 is 26.7. The molecular weight excluding hydrogens is 286 g/mol. The van der Waals surface area contributed by atoms with Gasteiger partial charge in [0.25, 0.3) is 10.0 Å². The van der Waals surface area contributed by atoms with Gasteiger partial charge in [-0.25, -0.2) is 13.4 Å². The lowest BCUT2D eigenvalue weighted by atomic mass is 10.2. The van der Waals surface area contributed by atoms with Crippen LogP contribution in [0.1, 0.15) is 11.3 Å². The number of rotatable bonds is 3.